The Hall–Kier alpha value is -3.99. The second kappa shape index (κ2) is 10.6. The van der Waals surface area contributed by atoms with Crippen LogP contribution in [-0.4, -0.2) is 54.1 Å². The number of hydrogen-bond acceptors (Lipinski definition) is 6. The number of rotatable bonds is 4. The van der Waals surface area contributed by atoms with E-state index in [1.54, 1.807) is 17.2 Å². The smallest absolute Gasteiger partial charge is 0.380 e. The highest BCUT2D eigenvalue weighted by Crippen LogP contribution is 2.38. The molecule has 0 bridgehead atoms. The Balaban J connectivity index is 1.49. The van der Waals surface area contributed by atoms with Gasteiger partial charge < -0.3 is 15.0 Å². The number of carbonyl (C=O) groups excluding carboxylic acids is 2. The molecule has 2 aliphatic rings. The van der Waals surface area contributed by atoms with Crippen LogP contribution in [0.25, 0.3) is 11.1 Å². The van der Waals surface area contributed by atoms with Gasteiger partial charge in [0, 0.05) is 60.7 Å². The number of fused-ring (bicyclic) bond motifs is 3. The van der Waals surface area contributed by atoms with Crippen LogP contribution in [0.4, 0.5) is 30.4 Å². The Morgan fingerprint density at radius 1 is 1.15 bits per heavy atom. The van der Waals surface area contributed by atoms with E-state index in [1.807, 2.05) is 19.9 Å². The molecule has 1 unspecified atom stereocenters. The fraction of sp³-hybridized carbons (Fsp3) is 0.357. The zero-order valence-electron chi connectivity index (χ0n) is 21.6. The largest absolute Gasteiger partial charge is 0.416 e. The van der Waals surface area contributed by atoms with Crippen molar-refractivity contribution in [1.29, 1.82) is 0 Å². The van der Waals surface area contributed by atoms with E-state index in [0.717, 1.165) is 29.8 Å². The van der Waals surface area contributed by atoms with E-state index in [2.05, 4.69) is 15.2 Å². The number of benzene rings is 1. The predicted octanol–water partition coefficient (Wildman–Crippen LogP) is 5.08. The van der Waals surface area contributed by atoms with Crippen molar-refractivity contribution in [3.63, 3.8) is 0 Å². The molecule has 1 aromatic carbocycles. The van der Waals surface area contributed by atoms with Crippen LogP contribution in [0.2, 0.25) is 0 Å². The second-order valence-electron chi connectivity index (χ2n) is 9.55. The molecule has 2 aliphatic heterocycles. The summed E-state index contributed by atoms with van der Waals surface area (Å²) in [6.45, 7) is 5.98. The molecule has 0 aliphatic carbocycles. The number of anilines is 3. The third kappa shape index (κ3) is 5.44. The lowest BCUT2D eigenvalue weighted by molar-refractivity contribution is -0.137. The molecule has 1 fully saturated rings. The highest BCUT2D eigenvalue weighted by atomic mass is 19.4. The Morgan fingerprint density at radius 2 is 1.97 bits per heavy atom. The van der Waals surface area contributed by atoms with Crippen LogP contribution in [0.3, 0.4) is 0 Å². The van der Waals surface area contributed by atoms with Gasteiger partial charge >= 0.3 is 6.18 Å². The summed E-state index contributed by atoms with van der Waals surface area (Å²) in [4.78, 5) is 38.8. The van der Waals surface area contributed by atoms with Crippen molar-refractivity contribution in [1.82, 2.24) is 9.97 Å². The Labute approximate surface area is 223 Å². The quantitative estimate of drug-likeness (QED) is 0.498. The fourth-order valence-electron chi connectivity index (χ4n) is 5.05. The summed E-state index contributed by atoms with van der Waals surface area (Å²) in [7, 11) is 0. The number of halogens is 3. The van der Waals surface area contributed by atoms with Crippen molar-refractivity contribution in [3.8, 4) is 11.1 Å². The fourth-order valence-corrected chi connectivity index (χ4v) is 5.05. The Kier molecular flexibility index (Phi) is 7.26. The number of ether oxygens (including phenoxy) is 1. The van der Waals surface area contributed by atoms with E-state index in [1.165, 1.54) is 18.3 Å². The van der Waals surface area contributed by atoms with Crippen molar-refractivity contribution < 1.29 is 27.5 Å². The minimum atomic E-state index is -4.55. The van der Waals surface area contributed by atoms with Gasteiger partial charge in [0.15, 0.2) is 5.82 Å². The van der Waals surface area contributed by atoms with E-state index in [4.69, 9.17) is 9.72 Å². The van der Waals surface area contributed by atoms with Crippen LogP contribution in [0.5, 0.6) is 0 Å². The van der Waals surface area contributed by atoms with E-state index >= 15 is 0 Å². The number of carbonyl (C=O) groups is 2. The van der Waals surface area contributed by atoms with E-state index in [0.29, 0.717) is 55.5 Å². The number of aromatic nitrogens is 2. The molecular weight excluding hydrogens is 511 g/mol. The summed E-state index contributed by atoms with van der Waals surface area (Å²) < 4.78 is 45.0. The topological polar surface area (TPSA) is 87.7 Å². The first kappa shape index (κ1) is 26.6. The summed E-state index contributed by atoms with van der Waals surface area (Å²) in [6, 6.07) is 7.95. The van der Waals surface area contributed by atoms with Gasteiger partial charge in [0.1, 0.15) is 0 Å². The number of hydrogen-bond donors (Lipinski definition) is 1. The third-order valence-corrected chi connectivity index (χ3v) is 7.06. The molecule has 4 heterocycles. The van der Waals surface area contributed by atoms with Crippen LogP contribution >= 0.6 is 0 Å². The number of nitrogens with one attached hydrogen (secondary N) is 1. The lowest BCUT2D eigenvalue weighted by Crippen LogP contribution is -2.37. The highest BCUT2D eigenvalue weighted by molar-refractivity contribution is 6.04. The molecule has 0 saturated carbocycles. The summed E-state index contributed by atoms with van der Waals surface area (Å²) >= 11 is 0. The zero-order valence-corrected chi connectivity index (χ0v) is 21.6. The molecule has 3 aromatic rings. The van der Waals surface area contributed by atoms with Crippen molar-refractivity contribution in [3.05, 3.63) is 65.6 Å². The maximum Gasteiger partial charge on any atom is 0.416 e. The van der Waals surface area contributed by atoms with Crippen LogP contribution in [0.1, 0.15) is 41.4 Å². The third-order valence-electron chi connectivity index (χ3n) is 7.06. The molecule has 1 N–H and O–H groups in total. The predicted molar refractivity (Wildman–Crippen MR) is 141 cm³/mol. The number of aryl methyl sites for hydroxylation is 1. The minimum absolute atomic E-state index is 0.00958. The van der Waals surface area contributed by atoms with Gasteiger partial charge in [-0.1, -0.05) is 6.07 Å². The van der Waals surface area contributed by atoms with Crippen molar-refractivity contribution in [2.24, 2.45) is 0 Å². The monoisotopic (exact) mass is 539 g/mol. The van der Waals surface area contributed by atoms with Gasteiger partial charge in [0.2, 0.25) is 5.91 Å². The first-order valence-electron chi connectivity index (χ1n) is 12.8. The lowest BCUT2D eigenvalue weighted by Gasteiger charge is -2.30. The Morgan fingerprint density at radius 3 is 2.74 bits per heavy atom. The van der Waals surface area contributed by atoms with Crippen LogP contribution in [-0.2, 0) is 15.7 Å². The highest BCUT2D eigenvalue weighted by Gasteiger charge is 2.34. The molecule has 1 atom stereocenters. The summed E-state index contributed by atoms with van der Waals surface area (Å²) in [5.74, 6) is -0.0666. The maximum atomic E-state index is 13.1. The second-order valence-corrected chi connectivity index (χ2v) is 9.55. The average Bonchev–Trinajstić information content (AvgIpc) is 3.20. The summed E-state index contributed by atoms with van der Waals surface area (Å²) in [5, 5.41) is 2.65. The van der Waals surface area contributed by atoms with Crippen LogP contribution in [0, 0.1) is 6.92 Å². The first-order chi connectivity index (χ1) is 18.7. The van der Waals surface area contributed by atoms with Gasteiger partial charge in [0.05, 0.1) is 29.7 Å². The molecule has 8 nitrogen and oxygen atoms in total. The van der Waals surface area contributed by atoms with E-state index < -0.39 is 17.6 Å². The normalized spacial score (nSPS) is 17.7. The molecular formula is C28H28F3N5O3. The minimum Gasteiger partial charge on any atom is -0.380 e. The number of alkyl halides is 3. The zero-order chi connectivity index (χ0) is 27.7. The lowest BCUT2D eigenvalue weighted by atomic mass is 10.0. The molecule has 0 radical (unpaired) electrons. The first-order valence-corrected chi connectivity index (χ1v) is 12.8. The summed E-state index contributed by atoms with van der Waals surface area (Å²) in [5.41, 5.74) is 2.27. The van der Waals surface area contributed by atoms with E-state index in [-0.39, 0.29) is 17.5 Å². The molecule has 2 amide bonds. The van der Waals surface area contributed by atoms with Crippen molar-refractivity contribution in [2.45, 2.75) is 38.9 Å². The van der Waals surface area contributed by atoms with Crippen molar-refractivity contribution >= 4 is 29.0 Å². The SMILES string of the molecule is CCN1C(=O)CC2CCOCCN2c2cc(-c3cc(NC(=O)c4cccc(C(F)(F)F)c4)cnc3C)cnc21. The standard InChI is InChI=1S/C28H28F3N5O3/c1-3-35-25(37)14-22-7-9-39-10-8-36(22)24-12-19(15-33-26(24)35)23-13-21(16-32-17(23)2)34-27(38)18-5-4-6-20(11-18)28(29,30)31/h4-6,11-13,15-16,22H,3,7-10,14H2,1-2H3,(H,34,38). The number of pyridine rings is 2. The van der Waals surface area contributed by atoms with Gasteiger partial charge in [-0.25, -0.2) is 4.98 Å². The molecule has 39 heavy (non-hydrogen) atoms. The van der Waals surface area contributed by atoms with Gasteiger partial charge in [0.25, 0.3) is 5.91 Å². The van der Waals surface area contributed by atoms with Gasteiger partial charge in [-0.3, -0.25) is 19.5 Å². The van der Waals surface area contributed by atoms with Crippen molar-refractivity contribution in [2.75, 3.05) is 41.4 Å². The van der Waals surface area contributed by atoms with Gasteiger partial charge in [-0.2, -0.15) is 13.2 Å². The van der Waals surface area contributed by atoms with Gasteiger partial charge in [-0.05, 0) is 50.6 Å². The molecule has 11 heteroatoms. The van der Waals surface area contributed by atoms with Gasteiger partial charge in [-0.15, -0.1) is 0 Å². The number of nitrogens with zero attached hydrogens (tertiary/aromatic N) is 4. The molecule has 5 rings (SSSR count). The molecule has 1 saturated heterocycles. The average molecular weight is 540 g/mol. The molecule has 204 valence electrons. The number of amides is 2. The maximum absolute atomic E-state index is 13.1. The van der Waals surface area contributed by atoms with Crippen LogP contribution in [0.15, 0.2) is 48.8 Å². The van der Waals surface area contributed by atoms with E-state index in [9.17, 15) is 22.8 Å². The molecule has 2 aromatic heterocycles. The molecule has 0 spiro atoms. The Bertz CT molecular complexity index is 1410. The van der Waals surface area contributed by atoms with Crippen LogP contribution < -0.4 is 15.1 Å². The summed E-state index contributed by atoms with van der Waals surface area (Å²) in [6.07, 6.45) is -0.318.